The van der Waals surface area contributed by atoms with Gasteiger partial charge in [0.25, 0.3) is 5.91 Å². The fourth-order valence-corrected chi connectivity index (χ4v) is 0.926. The van der Waals surface area contributed by atoms with Gasteiger partial charge in [-0.3, -0.25) is 10.1 Å². The number of nitrogens with zero attached hydrogens (tertiary/aromatic N) is 1. The summed E-state index contributed by atoms with van der Waals surface area (Å²) in [6.45, 7) is 2.64. The summed E-state index contributed by atoms with van der Waals surface area (Å²) < 4.78 is 9.44. The van der Waals surface area contributed by atoms with Gasteiger partial charge in [-0.25, -0.2) is 4.79 Å². The zero-order valence-corrected chi connectivity index (χ0v) is 8.94. The standard InChI is InChI=1S/C9H12N2O5/c1-5-6(2)11-16-9(5)10-7(12)3-15-4-8(13)14/h3-4H2,1-2H3,(H,10,12)(H,13,14). The van der Waals surface area contributed by atoms with Crippen LogP contribution in [0.2, 0.25) is 0 Å². The van der Waals surface area contributed by atoms with E-state index in [2.05, 4.69) is 15.2 Å². The summed E-state index contributed by atoms with van der Waals surface area (Å²) in [4.78, 5) is 21.3. The first kappa shape index (κ1) is 12.2. The van der Waals surface area contributed by atoms with Crippen LogP contribution in [0, 0.1) is 13.8 Å². The summed E-state index contributed by atoms with van der Waals surface area (Å²) in [6.07, 6.45) is 0. The second-order valence-corrected chi connectivity index (χ2v) is 3.16. The minimum atomic E-state index is -1.13. The lowest BCUT2D eigenvalue weighted by Crippen LogP contribution is -2.20. The average molecular weight is 228 g/mol. The smallest absolute Gasteiger partial charge is 0.329 e. The van der Waals surface area contributed by atoms with E-state index in [1.165, 1.54) is 0 Å². The van der Waals surface area contributed by atoms with Crippen LogP contribution in [0.25, 0.3) is 0 Å². The topological polar surface area (TPSA) is 102 Å². The van der Waals surface area contributed by atoms with Crippen LogP contribution < -0.4 is 5.32 Å². The van der Waals surface area contributed by atoms with Gasteiger partial charge in [0.15, 0.2) is 0 Å². The highest BCUT2D eigenvalue weighted by Gasteiger charge is 2.11. The maximum atomic E-state index is 11.2. The van der Waals surface area contributed by atoms with E-state index in [0.29, 0.717) is 5.69 Å². The van der Waals surface area contributed by atoms with Crippen molar-refractivity contribution in [2.24, 2.45) is 0 Å². The number of hydrogen-bond acceptors (Lipinski definition) is 5. The van der Waals surface area contributed by atoms with Crippen LogP contribution in [0.15, 0.2) is 4.52 Å². The Balaban J connectivity index is 2.40. The third-order valence-electron chi connectivity index (χ3n) is 1.87. The summed E-state index contributed by atoms with van der Waals surface area (Å²) in [7, 11) is 0. The summed E-state index contributed by atoms with van der Waals surface area (Å²) >= 11 is 0. The molecule has 1 amide bonds. The normalized spacial score (nSPS) is 10.1. The van der Waals surface area contributed by atoms with E-state index in [0.717, 1.165) is 5.56 Å². The molecule has 88 valence electrons. The van der Waals surface area contributed by atoms with Gasteiger partial charge < -0.3 is 14.4 Å². The maximum absolute atomic E-state index is 11.2. The fourth-order valence-electron chi connectivity index (χ4n) is 0.926. The average Bonchev–Trinajstić information content (AvgIpc) is 2.49. The number of hydrogen-bond donors (Lipinski definition) is 2. The number of carbonyl (C=O) groups is 2. The molecule has 0 spiro atoms. The summed E-state index contributed by atoms with van der Waals surface area (Å²) in [5, 5.41) is 14.4. The van der Waals surface area contributed by atoms with Gasteiger partial charge in [0.2, 0.25) is 5.88 Å². The summed E-state index contributed by atoms with van der Waals surface area (Å²) in [6, 6.07) is 0. The number of carboxylic acid groups (broad SMARTS) is 1. The molecule has 1 aromatic heterocycles. The predicted molar refractivity (Wildman–Crippen MR) is 53.1 cm³/mol. The molecule has 0 aliphatic heterocycles. The second kappa shape index (κ2) is 5.26. The van der Waals surface area contributed by atoms with Crippen molar-refractivity contribution in [3.8, 4) is 0 Å². The van der Waals surface area contributed by atoms with Crippen LogP contribution in [0.5, 0.6) is 0 Å². The Hall–Kier alpha value is -1.89. The van der Waals surface area contributed by atoms with Gasteiger partial charge in [0, 0.05) is 5.56 Å². The Labute approximate surface area is 91.4 Å². The molecule has 0 unspecified atom stereocenters. The lowest BCUT2D eigenvalue weighted by atomic mass is 10.3. The molecule has 0 aliphatic rings. The van der Waals surface area contributed by atoms with Gasteiger partial charge >= 0.3 is 5.97 Å². The second-order valence-electron chi connectivity index (χ2n) is 3.16. The first-order valence-electron chi connectivity index (χ1n) is 4.53. The lowest BCUT2D eigenvalue weighted by molar-refractivity contribution is -0.143. The van der Waals surface area contributed by atoms with Gasteiger partial charge in [-0.2, -0.15) is 0 Å². The van der Waals surface area contributed by atoms with E-state index in [4.69, 9.17) is 9.63 Å². The lowest BCUT2D eigenvalue weighted by Gasteiger charge is -2.01. The number of rotatable bonds is 5. The van der Waals surface area contributed by atoms with E-state index in [1.807, 2.05) is 0 Å². The van der Waals surface area contributed by atoms with Crippen molar-refractivity contribution < 1.29 is 24.0 Å². The molecule has 0 atom stereocenters. The van der Waals surface area contributed by atoms with Crippen molar-refractivity contribution >= 4 is 17.8 Å². The molecule has 1 aromatic rings. The molecule has 1 rings (SSSR count). The van der Waals surface area contributed by atoms with E-state index >= 15 is 0 Å². The van der Waals surface area contributed by atoms with E-state index in [9.17, 15) is 9.59 Å². The molecular weight excluding hydrogens is 216 g/mol. The molecule has 16 heavy (non-hydrogen) atoms. The van der Waals surface area contributed by atoms with E-state index in [1.54, 1.807) is 13.8 Å². The van der Waals surface area contributed by atoms with Crippen molar-refractivity contribution in [1.82, 2.24) is 5.16 Å². The fraction of sp³-hybridized carbons (Fsp3) is 0.444. The van der Waals surface area contributed by atoms with Gasteiger partial charge in [-0.15, -0.1) is 0 Å². The van der Waals surface area contributed by atoms with Gasteiger partial charge in [0.1, 0.15) is 13.2 Å². The van der Waals surface area contributed by atoms with Crippen molar-refractivity contribution in [3.05, 3.63) is 11.3 Å². The molecule has 2 N–H and O–H groups in total. The minimum Gasteiger partial charge on any atom is -0.480 e. The molecule has 1 heterocycles. The van der Waals surface area contributed by atoms with E-state index < -0.39 is 18.5 Å². The molecule has 7 nitrogen and oxygen atoms in total. The molecule has 0 aromatic carbocycles. The SMILES string of the molecule is Cc1noc(NC(=O)COCC(=O)O)c1C. The third kappa shape index (κ3) is 3.35. The number of amides is 1. The predicted octanol–water partition coefficient (Wildman–Crippen LogP) is 0.331. The largest absolute Gasteiger partial charge is 0.480 e. The maximum Gasteiger partial charge on any atom is 0.329 e. The Morgan fingerprint density at radius 1 is 1.44 bits per heavy atom. The number of carboxylic acids is 1. The quantitative estimate of drug-likeness (QED) is 0.753. The number of aromatic nitrogens is 1. The molecule has 0 radical (unpaired) electrons. The van der Waals surface area contributed by atoms with Crippen LogP contribution >= 0.6 is 0 Å². The Bertz CT molecular complexity index is 399. The zero-order chi connectivity index (χ0) is 12.1. The molecule has 0 fully saturated rings. The number of carbonyl (C=O) groups excluding carboxylic acids is 1. The van der Waals surface area contributed by atoms with Crippen molar-refractivity contribution in [1.29, 1.82) is 0 Å². The van der Waals surface area contributed by atoms with Crippen LogP contribution in [-0.4, -0.2) is 35.4 Å². The number of nitrogens with one attached hydrogen (secondary N) is 1. The monoisotopic (exact) mass is 228 g/mol. The molecule has 0 saturated heterocycles. The molecule has 0 saturated carbocycles. The van der Waals surface area contributed by atoms with Crippen LogP contribution in [-0.2, 0) is 14.3 Å². The third-order valence-corrected chi connectivity index (χ3v) is 1.87. The van der Waals surface area contributed by atoms with Crippen LogP contribution in [0.1, 0.15) is 11.3 Å². The van der Waals surface area contributed by atoms with Crippen molar-refractivity contribution in [2.45, 2.75) is 13.8 Å². The van der Waals surface area contributed by atoms with Crippen molar-refractivity contribution in [3.63, 3.8) is 0 Å². The summed E-state index contributed by atoms with van der Waals surface area (Å²) in [5.74, 6) is -1.36. The first-order valence-corrected chi connectivity index (χ1v) is 4.53. The highest BCUT2D eigenvalue weighted by molar-refractivity contribution is 5.91. The van der Waals surface area contributed by atoms with Gasteiger partial charge in [0.05, 0.1) is 5.69 Å². The zero-order valence-electron chi connectivity index (χ0n) is 8.94. The Morgan fingerprint density at radius 3 is 2.62 bits per heavy atom. The molecule has 0 aliphatic carbocycles. The molecular formula is C9H12N2O5. The van der Waals surface area contributed by atoms with Crippen molar-refractivity contribution in [2.75, 3.05) is 18.5 Å². The van der Waals surface area contributed by atoms with Crippen LogP contribution in [0.3, 0.4) is 0 Å². The number of ether oxygens (including phenoxy) is 1. The molecule has 7 heteroatoms. The highest BCUT2D eigenvalue weighted by atomic mass is 16.5. The number of aliphatic carboxylic acids is 1. The Morgan fingerprint density at radius 2 is 2.12 bits per heavy atom. The Kier molecular flexibility index (Phi) is 4.01. The number of anilines is 1. The van der Waals surface area contributed by atoms with Gasteiger partial charge in [-0.05, 0) is 13.8 Å². The number of aryl methyl sites for hydroxylation is 1. The highest BCUT2D eigenvalue weighted by Crippen LogP contribution is 2.16. The van der Waals surface area contributed by atoms with E-state index in [-0.39, 0.29) is 12.5 Å². The van der Waals surface area contributed by atoms with Gasteiger partial charge in [-0.1, -0.05) is 5.16 Å². The first-order chi connectivity index (χ1) is 7.50. The summed E-state index contributed by atoms with van der Waals surface area (Å²) in [5.41, 5.74) is 1.41. The minimum absolute atomic E-state index is 0.251. The molecule has 0 bridgehead atoms. The van der Waals surface area contributed by atoms with Crippen LogP contribution in [0.4, 0.5) is 5.88 Å².